The quantitative estimate of drug-likeness (QED) is 0.542. The average Bonchev–Trinajstić information content (AvgIpc) is 3.15. The Labute approximate surface area is 160 Å². The summed E-state index contributed by atoms with van der Waals surface area (Å²) in [6.45, 7) is 3.77. The summed E-state index contributed by atoms with van der Waals surface area (Å²) in [5.41, 5.74) is 4.09. The maximum absolute atomic E-state index is 11.0. The van der Waals surface area contributed by atoms with Gasteiger partial charge in [-0.05, 0) is 32.0 Å². The number of carbonyl (C=O) groups is 1. The second kappa shape index (κ2) is 6.51. The highest BCUT2D eigenvalue weighted by Crippen LogP contribution is 2.31. The molecular weight excluding hydrogens is 364 g/mol. The van der Waals surface area contributed by atoms with Crippen LogP contribution in [0, 0.1) is 13.8 Å². The number of aryl methyl sites for hydroxylation is 2. The largest absolute Gasteiger partial charge is 0.346 e. The van der Waals surface area contributed by atoms with Gasteiger partial charge in [0.05, 0.1) is 16.3 Å². The minimum absolute atomic E-state index is 0.427. The molecule has 27 heavy (non-hydrogen) atoms. The topological polar surface area (TPSA) is 77.6 Å². The molecule has 0 aliphatic rings. The first-order valence-electron chi connectivity index (χ1n) is 8.34. The smallest absolute Gasteiger partial charge is 0.229 e. The lowest BCUT2D eigenvalue weighted by Gasteiger charge is -2.07. The molecule has 8 heteroatoms. The molecule has 1 N–H and O–H groups in total. The Morgan fingerprint density at radius 1 is 1.22 bits per heavy atom. The molecule has 0 saturated heterocycles. The molecule has 0 aliphatic carbocycles. The van der Waals surface area contributed by atoms with Crippen molar-refractivity contribution in [3.05, 3.63) is 58.6 Å². The molecule has 4 aromatic rings. The first-order valence-corrected chi connectivity index (χ1v) is 8.72. The number of aldehydes is 1. The summed E-state index contributed by atoms with van der Waals surface area (Å²) in [6, 6.07) is 7.67. The highest BCUT2D eigenvalue weighted by Gasteiger charge is 2.11. The van der Waals surface area contributed by atoms with Crippen LogP contribution in [0.1, 0.15) is 21.7 Å². The predicted molar refractivity (Wildman–Crippen MR) is 105 cm³/mol. The lowest BCUT2D eigenvalue weighted by atomic mass is 10.2. The van der Waals surface area contributed by atoms with E-state index in [2.05, 4.69) is 25.0 Å². The van der Waals surface area contributed by atoms with E-state index in [-0.39, 0.29) is 0 Å². The third-order valence-corrected chi connectivity index (χ3v) is 5.09. The van der Waals surface area contributed by atoms with Gasteiger partial charge in [0.15, 0.2) is 12.1 Å². The standard InChI is InChI=1S/C19H17ClN6O/c1-11-13(10-27)9-26(24-11)17-6-7-21-19(23-17)22-14-4-5-16-15(8-14)18(20)12(2)25(16)3/h4-10H,1-3H3,(H,21,22,23). The van der Waals surface area contributed by atoms with Crippen LogP contribution in [0.3, 0.4) is 0 Å². The number of rotatable bonds is 4. The lowest BCUT2D eigenvalue weighted by Crippen LogP contribution is -2.03. The third-order valence-electron chi connectivity index (χ3n) is 4.61. The Morgan fingerprint density at radius 3 is 2.78 bits per heavy atom. The van der Waals surface area contributed by atoms with Crippen LogP contribution in [0.4, 0.5) is 11.6 Å². The van der Waals surface area contributed by atoms with Crippen molar-refractivity contribution < 1.29 is 4.79 Å². The Kier molecular flexibility index (Phi) is 4.16. The molecule has 0 amide bonds. The maximum atomic E-state index is 11.0. The van der Waals surface area contributed by atoms with E-state index < -0.39 is 0 Å². The molecule has 0 atom stereocenters. The summed E-state index contributed by atoms with van der Waals surface area (Å²) in [6.07, 6.45) is 4.06. The highest BCUT2D eigenvalue weighted by atomic mass is 35.5. The predicted octanol–water partition coefficient (Wildman–Crippen LogP) is 3.98. The minimum atomic E-state index is 0.427. The summed E-state index contributed by atoms with van der Waals surface area (Å²) < 4.78 is 3.62. The van der Waals surface area contributed by atoms with Crippen molar-refractivity contribution in [2.75, 3.05) is 5.32 Å². The van der Waals surface area contributed by atoms with Crippen molar-refractivity contribution in [1.82, 2.24) is 24.3 Å². The lowest BCUT2D eigenvalue weighted by molar-refractivity contribution is 0.112. The maximum Gasteiger partial charge on any atom is 0.229 e. The second-order valence-corrected chi connectivity index (χ2v) is 6.66. The molecule has 136 valence electrons. The molecule has 3 aromatic heterocycles. The van der Waals surface area contributed by atoms with E-state index in [9.17, 15) is 4.79 Å². The molecular formula is C19H17ClN6O. The number of fused-ring (bicyclic) bond motifs is 1. The van der Waals surface area contributed by atoms with Gasteiger partial charge in [0.25, 0.3) is 0 Å². The summed E-state index contributed by atoms with van der Waals surface area (Å²) in [5, 5.41) is 9.21. The fourth-order valence-electron chi connectivity index (χ4n) is 2.98. The molecule has 1 aromatic carbocycles. The number of nitrogens with zero attached hydrogens (tertiary/aromatic N) is 5. The van der Waals surface area contributed by atoms with Crippen molar-refractivity contribution in [1.29, 1.82) is 0 Å². The Balaban J connectivity index is 1.68. The van der Waals surface area contributed by atoms with E-state index in [4.69, 9.17) is 11.6 Å². The molecule has 3 heterocycles. The number of hydrogen-bond donors (Lipinski definition) is 1. The van der Waals surface area contributed by atoms with Gasteiger partial charge in [0.2, 0.25) is 5.95 Å². The van der Waals surface area contributed by atoms with Crippen molar-refractivity contribution in [3.63, 3.8) is 0 Å². The first kappa shape index (κ1) is 17.2. The fraction of sp³-hybridized carbons (Fsp3) is 0.158. The average molecular weight is 381 g/mol. The Bertz CT molecular complexity index is 1180. The van der Waals surface area contributed by atoms with Gasteiger partial charge in [0, 0.05) is 47.8 Å². The van der Waals surface area contributed by atoms with Gasteiger partial charge in [-0.25, -0.2) is 9.67 Å². The number of carbonyl (C=O) groups excluding carboxylic acids is 1. The normalized spacial score (nSPS) is 11.1. The van der Waals surface area contributed by atoms with Crippen molar-refractivity contribution >= 4 is 40.4 Å². The molecule has 0 bridgehead atoms. The zero-order valence-corrected chi connectivity index (χ0v) is 15.8. The molecule has 0 saturated carbocycles. The zero-order valence-electron chi connectivity index (χ0n) is 15.1. The highest BCUT2D eigenvalue weighted by molar-refractivity contribution is 6.36. The van der Waals surface area contributed by atoms with Crippen LogP contribution in [0.2, 0.25) is 5.02 Å². The van der Waals surface area contributed by atoms with Gasteiger partial charge in [-0.2, -0.15) is 10.1 Å². The van der Waals surface area contributed by atoms with E-state index in [1.54, 1.807) is 30.1 Å². The van der Waals surface area contributed by atoms with Crippen LogP contribution in [-0.4, -0.2) is 30.6 Å². The number of aromatic nitrogens is 5. The summed E-state index contributed by atoms with van der Waals surface area (Å²) >= 11 is 6.44. The van der Waals surface area contributed by atoms with Crippen molar-refractivity contribution in [2.24, 2.45) is 7.05 Å². The molecule has 0 aliphatic heterocycles. The van der Waals surface area contributed by atoms with Gasteiger partial charge in [-0.1, -0.05) is 11.6 Å². The van der Waals surface area contributed by atoms with E-state index in [0.29, 0.717) is 23.0 Å². The monoisotopic (exact) mass is 380 g/mol. The van der Waals surface area contributed by atoms with Gasteiger partial charge in [-0.3, -0.25) is 4.79 Å². The number of hydrogen-bond acceptors (Lipinski definition) is 5. The molecule has 0 spiro atoms. The molecule has 0 radical (unpaired) electrons. The molecule has 0 unspecified atom stereocenters. The Morgan fingerprint density at radius 2 is 2.04 bits per heavy atom. The molecule has 7 nitrogen and oxygen atoms in total. The van der Waals surface area contributed by atoms with E-state index in [1.165, 1.54) is 0 Å². The fourth-order valence-corrected chi connectivity index (χ4v) is 3.26. The van der Waals surface area contributed by atoms with E-state index in [0.717, 1.165) is 33.6 Å². The number of benzene rings is 1. The number of halogens is 1. The van der Waals surface area contributed by atoms with Gasteiger partial charge in [0.1, 0.15) is 0 Å². The summed E-state index contributed by atoms with van der Waals surface area (Å²) in [4.78, 5) is 19.8. The third kappa shape index (κ3) is 2.96. The van der Waals surface area contributed by atoms with Crippen LogP contribution in [0.25, 0.3) is 16.7 Å². The van der Waals surface area contributed by atoms with Crippen molar-refractivity contribution in [3.8, 4) is 5.82 Å². The first-order chi connectivity index (χ1) is 13.0. The SMILES string of the molecule is Cc1nn(-c2ccnc(Nc3ccc4c(c3)c(Cl)c(C)n4C)n2)cc1C=O. The number of nitrogens with one attached hydrogen (secondary N) is 1. The minimum Gasteiger partial charge on any atom is -0.346 e. The van der Waals surface area contributed by atoms with Crippen LogP contribution >= 0.6 is 11.6 Å². The van der Waals surface area contributed by atoms with E-state index >= 15 is 0 Å². The van der Waals surface area contributed by atoms with Crippen LogP contribution in [-0.2, 0) is 7.05 Å². The van der Waals surface area contributed by atoms with Crippen LogP contribution in [0.5, 0.6) is 0 Å². The molecule has 4 rings (SSSR count). The van der Waals surface area contributed by atoms with Gasteiger partial charge >= 0.3 is 0 Å². The number of anilines is 2. The zero-order chi connectivity index (χ0) is 19.1. The second-order valence-electron chi connectivity index (χ2n) is 6.29. The Hall–Kier alpha value is -3.19. The summed E-state index contributed by atoms with van der Waals surface area (Å²) in [5.74, 6) is 0.995. The molecule has 0 fully saturated rings. The van der Waals surface area contributed by atoms with Crippen LogP contribution < -0.4 is 5.32 Å². The van der Waals surface area contributed by atoms with Crippen LogP contribution in [0.15, 0.2) is 36.7 Å². The van der Waals surface area contributed by atoms with E-state index in [1.807, 2.05) is 32.2 Å². The van der Waals surface area contributed by atoms with Crippen molar-refractivity contribution in [2.45, 2.75) is 13.8 Å². The summed E-state index contributed by atoms with van der Waals surface area (Å²) in [7, 11) is 1.99. The van der Waals surface area contributed by atoms with Gasteiger partial charge < -0.3 is 9.88 Å². The van der Waals surface area contributed by atoms with Gasteiger partial charge in [-0.15, -0.1) is 0 Å².